The molecule has 1 fully saturated rings. The van der Waals surface area contributed by atoms with Crippen LogP contribution in [-0.2, 0) is 0 Å². The molecule has 8 heteroatoms. The van der Waals surface area contributed by atoms with Crippen molar-refractivity contribution in [3.05, 3.63) is 59.5 Å². The number of pyridine rings is 1. The highest BCUT2D eigenvalue weighted by molar-refractivity contribution is 5.98. The minimum atomic E-state index is 0.00395. The third-order valence-electron chi connectivity index (χ3n) is 5.05. The molecule has 2 aromatic heterocycles. The lowest BCUT2D eigenvalue weighted by Crippen LogP contribution is -2.49. The first-order valence-corrected chi connectivity index (χ1v) is 8.94. The van der Waals surface area contributed by atoms with E-state index in [-0.39, 0.29) is 5.91 Å². The number of rotatable bonds is 3. The van der Waals surface area contributed by atoms with Gasteiger partial charge in [-0.1, -0.05) is 12.1 Å². The summed E-state index contributed by atoms with van der Waals surface area (Å²) in [6, 6.07) is 9.72. The van der Waals surface area contributed by atoms with Crippen molar-refractivity contribution in [1.29, 1.82) is 0 Å². The van der Waals surface area contributed by atoms with Crippen molar-refractivity contribution in [2.75, 3.05) is 31.1 Å². The summed E-state index contributed by atoms with van der Waals surface area (Å²) in [6.07, 6.45) is 3.32. The number of hydrogen-bond acceptors (Lipinski definition) is 6. The lowest BCUT2D eigenvalue weighted by atomic mass is 10.0. The van der Waals surface area contributed by atoms with Crippen LogP contribution in [0, 0.1) is 13.8 Å². The minimum Gasteiger partial charge on any atom is -0.353 e. The van der Waals surface area contributed by atoms with Gasteiger partial charge in [0.2, 0.25) is 0 Å². The molecule has 3 aromatic rings. The molecule has 27 heavy (non-hydrogen) atoms. The number of aromatic nitrogens is 5. The molecule has 3 heterocycles. The predicted molar refractivity (Wildman–Crippen MR) is 101 cm³/mol. The second kappa shape index (κ2) is 7.14. The lowest BCUT2D eigenvalue weighted by Gasteiger charge is -2.35. The highest BCUT2D eigenvalue weighted by atomic mass is 16.2. The van der Waals surface area contributed by atoms with E-state index in [1.165, 1.54) is 6.33 Å². The van der Waals surface area contributed by atoms with Crippen molar-refractivity contribution in [2.24, 2.45) is 0 Å². The fourth-order valence-electron chi connectivity index (χ4n) is 3.38. The van der Waals surface area contributed by atoms with Crippen LogP contribution in [0.1, 0.15) is 21.5 Å². The molecule has 1 aromatic carbocycles. The van der Waals surface area contributed by atoms with E-state index in [0.717, 1.165) is 35.7 Å². The summed E-state index contributed by atoms with van der Waals surface area (Å²) < 4.78 is 1.57. The van der Waals surface area contributed by atoms with Gasteiger partial charge < -0.3 is 9.80 Å². The third-order valence-corrected chi connectivity index (χ3v) is 5.05. The fraction of sp³-hybridized carbons (Fsp3) is 0.316. The number of benzene rings is 1. The largest absolute Gasteiger partial charge is 0.353 e. The lowest BCUT2D eigenvalue weighted by molar-refractivity contribution is 0.0746. The molecular weight excluding hydrogens is 342 g/mol. The molecular formula is C19H21N7O. The van der Waals surface area contributed by atoms with Crippen LogP contribution < -0.4 is 4.90 Å². The molecule has 0 bridgehead atoms. The van der Waals surface area contributed by atoms with Crippen LogP contribution in [0.4, 0.5) is 5.82 Å². The Balaban J connectivity index is 1.57. The zero-order valence-corrected chi connectivity index (χ0v) is 15.4. The summed E-state index contributed by atoms with van der Waals surface area (Å²) in [5, 5.41) is 11.4. The van der Waals surface area contributed by atoms with Crippen LogP contribution in [-0.4, -0.2) is 62.2 Å². The molecule has 1 amide bonds. The number of aryl methyl sites for hydroxylation is 1. The maximum atomic E-state index is 13.2. The molecule has 0 saturated carbocycles. The molecule has 1 saturated heterocycles. The van der Waals surface area contributed by atoms with Gasteiger partial charge in [-0.15, -0.1) is 5.10 Å². The molecule has 0 aliphatic carbocycles. The van der Waals surface area contributed by atoms with Crippen LogP contribution in [0.2, 0.25) is 0 Å². The van der Waals surface area contributed by atoms with E-state index in [9.17, 15) is 4.79 Å². The Morgan fingerprint density at radius 2 is 1.85 bits per heavy atom. The molecule has 0 atom stereocenters. The number of carbonyl (C=O) groups is 1. The maximum Gasteiger partial charge on any atom is 0.256 e. The number of amides is 1. The third kappa shape index (κ3) is 3.25. The second-order valence-corrected chi connectivity index (χ2v) is 6.63. The topological polar surface area (TPSA) is 80.0 Å². The Bertz CT molecular complexity index is 932. The van der Waals surface area contributed by atoms with Crippen molar-refractivity contribution in [2.45, 2.75) is 13.8 Å². The molecule has 0 radical (unpaired) electrons. The first-order valence-electron chi connectivity index (χ1n) is 8.94. The highest BCUT2D eigenvalue weighted by Gasteiger charge is 2.26. The molecule has 1 aliphatic rings. The van der Waals surface area contributed by atoms with Gasteiger partial charge in [-0.25, -0.2) is 4.98 Å². The first kappa shape index (κ1) is 17.1. The van der Waals surface area contributed by atoms with E-state index in [1.54, 1.807) is 10.9 Å². The Hall–Kier alpha value is -3.29. The predicted octanol–water partition coefficient (Wildman–Crippen LogP) is 1.64. The Morgan fingerprint density at radius 1 is 1.04 bits per heavy atom. The quantitative estimate of drug-likeness (QED) is 0.704. The van der Waals surface area contributed by atoms with Gasteiger partial charge in [0.15, 0.2) is 0 Å². The van der Waals surface area contributed by atoms with Gasteiger partial charge >= 0.3 is 0 Å². The average molecular weight is 363 g/mol. The highest BCUT2D eigenvalue weighted by Crippen LogP contribution is 2.24. The smallest absolute Gasteiger partial charge is 0.256 e. The van der Waals surface area contributed by atoms with Crippen LogP contribution in [0.5, 0.6) is 0 Å². The second-order valence-electron chi connectivity index (χ2n) is 6.63. The van der Waals surface area contributed by atoms with Gasteiger partial charge in [0.1, 0.15) is 12.1 Å². The van der Waals surface area contributed by atoms with E-state index in [2.05, 4.69) is 25.4 Å². The van der Waals surface area contributed by atoms with E-state index in [0.29, 0.717) is 18.7 Å². The van der Waals surface area contributed by atoms with Crippen molar-refractivity contribution in [1.82, 2.24) is 30.1 Å². The van der Waals surface area contributed by atoms with Crippen molar-refractivity contribution in [3.8, 4) is 5.69 Å². The zero-order valence-electron chi connectivity index (χ0n) is 15.4. The normalized spacial score (nSPS) is 14.4. The van der Waals surface area contributed by atoms with Gasteiger partial charge in [0.25, 0.3) is 5.91 Å². The summed E-state index contributed by atoms with van der Waals surface area (Å²) in [6.45, 7) is 6.82. The van der Waals surface area contributed by atoms with Crippen molar-refractivity contribution in [3.63, 3.8) is 0 Å². The monoisotopic (exact) mass is 363 g/mol. The van der Waals surface area contributed by atoms with Gasteiger partial charge in [0.05, 0.1) is 11.3 Å². The summed E-state index contributed by atoms with van der Waals surface area (Å²) in [7, 11) is 0. The first-order chi connectivity index (χ1) is 13.1. The number of hydrogen-bond donors (Lipinski definition) is 0. The fourth-order valence-corrected chi connectivity index (χ4v) is 3.38. The van der Waals surface area contributed by atoms with Crippen molar-refractivity contribution < 1.29 is 4.79 Å². The summed E-state index contributed by atoms with van der Waals surface area (Å²) >= 11 is 0. The summed E-state index contributed by atoms with van der Waals surface area (Å²) in [5.74, 6) is 0.953. The van der Waals surface area contributed by atoms with Crippen LogP contribution in [0.25, 0.3) is 5.69 Å². The number of piperazine rings is 1. The van der Waals surface area contributed by atoms with E-state index < -0.39 is 0 Å². The van der Waals surface area contributed by atoms with E-state index in [4.69, 9.17) is 0 Å². The van der Waals surface area contributed by atoms with Crippen LogP contribution in [0.15, 0.2) is 42.9 Å². The van der Waals surface area contributed by atoms with E-state index >= 15 is 0 Å². The standard InChI is InChI=1S/C19H21N7O/c1-14-6-7-16(18(15(14)2)26-13-21-22-23-26)19(27)25-11-9-24(10-12-25)17-5-3-4-8-20-17/h3-8,13H,9-12H2,1-2H3. The van der Waals surface area contributed by atoms with Gasteiger partial charge in [-0.2, -0.15) is 4.68 Å². The Labute approximate surface area is 157 Å². The molecule has 8 nitrogen and oxygen atoms in total. The SMILES string of the molecule is Cc1ccc(C(=O)N2CCN(c3ccccn3)CC2)c(-n2cnnn2)c1C. The number of carbonyl (C=O) groups excluding carboxylic acids is 1. The Morgan fingerprint density at radius 3 is 2.52 bits per heavy atom. The van der Waals surface area contributed by atoms with Gasteiger partial charge in [0, 0.05) is 32.4 Å². The summed E-state index contributed by atoms with van der Waals surface area (Å²) in [5.41, 5.74) is 3.46. The Kier molecular flexibility index (Phi) is 4.53. The number of nitrogens with zero attached hydrogens (tertiary/aromatic N) is 7. The van der Waals surface area contributed by atoms with Crippen LogP contribution in [0.3, 0.4) is 0 Å². The molecule has 4 rings (SSSR count). The number of tetrazole rings is 1. The zero-order chi connectivity index (χ0) is 18.8. The molecule has 0 N–H and O–H groups in total. The molecule has 0 unspecified atom stereocenters. The molecule has 138 valence electrons. The van der Waals surface area contributed by atoms with E-state index in [1.807, 2.05) is 49.1 Å². The van der Waals surface area contributed by atoms with Crippen LogP contribution >= 0.6 is 0 Å². The number of anilines is 1. The van der Waals surface area contributed by atoms with Crippen molar-refractivity contribution >= 4 is 11.7 Å². The van der Waals surface area contributed by atoms with Gasteiger partial charge in [-0.05, 0) is 53.6 Å². The minimum absolute atomic E-state index is 0.00395. The maximum absolute atomic E-state index is 13.2. The summed E-state index contributed by atoms with van der Waals surface area (Å²) in [4.78, 5) is 21.7. The molecule has 0 spiro atoms. The average Bonchev–Trinajstić information content (AvgIpc) is 3.24. The van der Waals surface area contributed by atoms with Gasteiger partial charge in [-0.3, -0.25) is 4.79 Å². The molecule has 1 aliphatic heterocycles.